The standard InChI is InChI=1S/C22H23N3O2/c1-14(2)16-8-10-19(11-9-16)25-13-18(12-20(25)26)22-23-21(24-27-22)17-6-4-15(3)5-7-17/h4-11,14,18H,12-13H2,1-3H3. The molecule has 0 radical (unpaired) electrons. The number of aromatic nitrogens is 2. The Bertz CT molecular complexity index is 942. The van der Waals surface area contributed by atoms with Crippen LogP contribution in [0.3, 0.4) is 0 Å². The SMILES string of the molecule is Cc1ccc(-c2noc(C3CC(=O)N(c4ccc(C(C)C)cc4)C3)n2)cc1. The summed E-state index contributed by atoms with van der Waals surface area (Å²) < 4.78 is 5.48. The number of aryl methyl sites for hydroxylation is 1. The number of rotatable bonds is 4. The number of amides is 1. The van der Waals surface area contributed by atoms with Crippen LogP contribution >= 0.6 is 0 Å². The summed E-state index contributed by atoms with van der Waals surface area (Å²) >= 11 is 0. The Morgan fingerprint density at radius 3 is 2.44 bits per heavy atom. The lowest BCUT2D eigenvalue weighted by atomic mass is 10.0. The van der Waals surface area contributed by atoms with Crippen LogP contribution in [0, 0.1) is 6.92 Å². The van der Waals surface area contributed by atoms with Crippen molar-refractivity contribution in [3.05, 3.63) is 65.5 Å². The highest BCUT2D eigenvalue weighted by molar-refractivity contribution is 5.96. The van der Waals surface area contributed by atoms with Crippen molar-refractivity contribution in [1.29, 1.82) is 0 Å². The molecule has 1 amide bonds. The van der Waals surface area contributed by atoms with E-state index >= 15 is 0 Å². The van der Waals surface area contributed by atoms with Gasteiger partial charge in [0, 0.05) is 24.2 Å². The van der Waals surface area contributed by atoms with Gasteiger partial charge in [0.15, 0.2) is 0 Å². The molecule has 0 saturated carbocycles. The molecule has 2 heterocycles. The van der Waals surface area contributed by atoms with Gasteiger partial charge >= 0.3 is 0 Å². The third-order valence-electron chi connectivity index (χ3n) is 5.10. The van der Waals surface area contributed by atoms with Crippen molar-refractivity contribution < 1.29 is 9.32 Å². The Balaban J connectivity index is 1.51. The van der Waals surface area contributed by atoms with E-state index in [1.807, 2.05) is 48.2 Å². The van der Waals surface area contributed by atoms with Crippen LogP contribution in [0.25, 0.3) is 11.4 Å². The Labute approximate surface area is 159 Å². The van der Waals surface area contributed by atoms with Crippen LogP contribution in [0.15, 0.2) is 53.1 Å². The summed E-state index contributed by atoms with van der Waals surface area (Å²) in [7, 11) is 0. The number of benzene rings is 2. The Morgan fingerprint density at radius 2 is 1.78 bits per heavy atom. The van der Waals surface area contributed by atoms with Gasteiger partial charge in [-0.2, -0.15) is 4.98 Å². The molecule has 0 bridgehead atoms. The van der Waals surface area contributed by atoms with Gasteiger partial charge in [-0.1, -0.05) is 61.0 Å². The van der Waals surface area contributed by atoms with E-state index in [1.54, 1.807) is 0 Å². The van der Waals surface area contributed by atoms with E-state index in [4.69, 9.17) is 4.52 Å². The molecule has 27 heavy (non-hydrogen) atoms. The minimum atomic E-state index is -0.0750. The van der Waals surface area contributed by atoms with E-state index in [0.717, 1.165) is 11.3 Å². The molecular weight excluding hydrogens is 338 g/mol. The van der Waals surface area contributed by atoms with Gasteiger partial charge in [0.1, 0.15) is 0 Å². The van der Waals surface area contributed by atoms with Crippen molar-refractivity contribution in [2.24, 2.45) is 0 Å². The summed E-state index contributed by atoms with van der Waals surface area (Å²) in [6.07, 6.45) is 0.390. The van der Waals surface area contributed by atoms with E-state index in [0.29, 0.717) is 30.6 Å². The second-order valence-corrected chi connectivity index (χ2v) is 7.47. The zero-order valence-corrected chi connectivity index (χ0v) is 15.8. The fourth-order valence-corrected chi connectivity index (χ4v) is 3.38. The number of hydrogen-bond acceptors (Lipinski definition) is 4. The summed E-state index contributed by atoms with van der Waals surface area (Å²) in [4.78, 5) is 18.9. The lowest BCUT2D eigenvalue weighted by molar-refractivity contribution is -0.117. The molecule has 2 aromatic carbocycles. The number of carbonyl (C=O) groups excluding carboxylic acids is 1. The highest BCUT2D eigenvalue weighted by Gasteiger charge is 2.35. The molecule has 1 fully saturated rings. The van der Waals surface area contributed by atoms with Crippen LogP contribution in [0.2, 0.25) is 0 Å². The topological polar surface area (TPSA) is 59.2 Å². The first kappa shape index (κ1) is 17.5. The first-order valence-corrected chi connectivity index (χ1v) is 9.32. The second-order valence-electron chi connectivity index (χ2n) is 7.47. The molecular formula is C22H23N3O2. The van der Waals surface area contributed by atoms with Crippen molar-refractivity contribution in [3.63, 3.8) is 0 Å². The van der Waals surface area contributed by atoms with Gasteiger partial charge in [-0.05, 0) is 30.5 Å². The normalized spacial score (nSPS) is 17.1. The van der Waals surface area contributed by atoms with Gasteiger partial charge in [-0.25, -0.2) is 0 Å². The molecule has 0 N–H and O–H groups in total. The van der Waals surface area contributed by atoms with E-state index < -0.39 is 0 Å². The predicted molar refractivity (Wildman–Crippen MR) is 105 cm³/mol. The van der Waals surface area contributed by atoms with Crippen LogP contribution in [0.4, 0.5) is 5.69 Å². The molecule has 1 aliphatic heterocycles. The van der Waals surface area contributed by atoms with Crippen LogP contribution in [-0.4, -0.2) is 22.6 Å². The van der Waals surface area contributed by atoms with Crippen LogP contribution in [0.5, 0.6) is 0 Å². The van der Waals surface area contributed by atoms with Gasteiger partial charge in [-0.15, -0.1) is 0 Å². The third kappa shape index (κ3) is 3.50. The smallest absolute Gasteiger partial charge is 0.232 e. The maximum absolute atomic E-state index is 12.5. The predicted octanol–water partition coefficient (Wildman–Crippen LogP) is 4.69. The van der Waals surface area contributed by atoms with Crippen molar-refractivity contribution in [2.75, 3.05) is 11.4 Å². The highest BCUT2D eigenvalue weighted by Crippen LogP contribution is 2.32. The molecule has 4 rings (SSSR count). The van der Waals surface area contributed by atoms with Crippen molar-refractivity contribution in [2.45, 2.75) is 39.0 Å². The first-order valence-electron chi connectivity index (χ1n) is 9.32. The Hall–Kier alpha value is -2.95. The summed E-state index contributed by atoms with van der Waals surface area (Å²) in [5.41, 5.74) is 4.29. The van der Waals surface area contributed by atoms with Crippen LogP contribution < -0.4 is 4.90 Å². The van der Waals surface area contributed by atoms with Gasteiger partial charge in [0.05, 0.1) is 5.92 Å². The monoisotopic (exact) mass is 361 g/mol. The average molecular weight is 361 g/mol. The number of anilines is 1. The molecule has 0 spiro atoms. The number of hydrogen-bond donors (Lipinski definition) is 0. The molecule has 1 atom stereocenters. The maximum Gasteiger partial charge on any atom is 0.232 e. The van der Waals surface area contributed by atoms with Crippen LogP contribution in [-0.2, 0) is 4.79 Å². The number of nitrogens with zero attached hydrogens (tertiary/aromatic N) is 3. The number of carbonyl (C=O) groups is 1. The molecule has 1 aromatic heterocycles. The Kier molecular flexibility index (Phi) is 4.52. The first-order chi connectivity index (χ1) is 13.0. The Morgan fingerprint density at radius 1 is 1.07 bits per heavy atom. The second kappa shape index (κ2) is 6.99. The summed E-state index contributed by atoms with van der Waals surface area (Å²) in [5, 5.41) is 4.10. The molecule has 5 heteroatoms. The van der Waals surface area contributed by atoms with Crippen molar-refractivity contribution in [1.82, 2.24) is 10.1 Å². The van der Waals surface area contributed by atoms with E-state index in [-0.39, 0.29) is 11.8 Å². The minimum absolute atomic E-state index is 0.0750. The van der Waals surface area contributed by atoms with Crippen LogP contribution in [0.1, 0.15) is 49.1 Å². The average Bonchev–Trinajstić information content (AvgIpc) is 3.29. The van der Waals surface area contributed by atoms with E-state index in [1.165, 1.54) is 11.1 Å². The summed E-state index contributed by atoms with van der Waals surface area (Å²) in [5.74, 6) is 1.58. The fourth-order valence-electron chi connectivity index (χ4n) is 3.38. The van der Waals surface area contributed by atoms with Gasteiger partial charge in [-0.3, -0.25) is 4.79 Å². The lowest BCUT2D eigenvalue weighted by Gasteiger charge is -2.17. The zero-order valence-electron chi connectivity index (χ0n) is 15.8. The third-order valence-corrected chi connectivity index (χ3v) is 5.10. The maximum atomic E-state index is 12.5. The lowest BCUT2D eigenvalue weighted by Crippen LogP contribution is -2.24. The molecule has 0 aliphatic carbocycles. The van der Waals surface area contributed by atoms with E-state index in [2.05, 4.69) is 36.1 Å². The molecule has 5 nitrogen and oxygen atoms in total. The molecule has 1 unspecified atom stereocenters. The van der Waals surface area contributed by atoms with E-state index in [9.17, 15) is 4.79 Å². The van der Waals surface area contributed by atoms with Gasteiger partial charge in [0.25, 0.3) is 0 Å². The largest absolute Gasteiger partial charge is 0.339 e. The summed E-state index contributed by atoms with van der Waals surface area (Å²) in [6, 6.07) is 16.2. The van der Waals surface area contributed by atoms with Crippen molar-refractivity contribution in [3.8, 4) is 11.4 Å². The molecule has 3 aromatic rings. The molecule has 138 valence electrons. The van der Waals surface area contributed by atoms with Crippen molar-refractivity contribution >= 4 is 11.6 Å². The quantitative estimate of drug-likeness (QED) is 0.676. The molecule has 1 aliphatic rings. The van der Waals surface area contributed by atoms with Gasteiger partial charge in [0.2, 0.25) is 17.6 Å². The zero-order chi connectivity index (χ0) is 19.0. The van der Waals surface area contributed by atoms with Gasteiger partial charge < -0.3 is 9.42 Å². The minimum Gasteiger partial charge on any atom is -0.339 e. The summed E-state index contributed by atoms with van der Waals surface area (Å²) in [6.45, 7) is 6.92. The highest BCUT2D eigenvalue weighted by atomic mass is 16.5. The molecule has 1 saturated heterocycles. The fraction of sp³-hybridized carbons (Fsp3) is 0.318.